The molecule has 25 heavy (non-hydrogen) atoms. The first-order chi connectivity index (χ1) is 12.3. The first kappa shape index (κ1) is 17.3. The van der Waals surface area contributed by atoms with Crippen molar-refractivity contribution in [2.75, 3.05) is 18.4 Å². The van der Waals surface area contributed by atoms with Crippen LogP contribution in [0.5, 0.6) is 0 Å². The zero-order valence-electron chi connectivity index (χ0n) is 14.6. The van der Waals surface area contributed by atoms with E-state index in [0.717, 1.165) is 49.3 Å². The molecule has 132 valence electrons. The van der Waals surface area contributed by atoms with Gasteiger partial charge in [-0.1, -0.05) is 43.3 Å². The van der Waals surface area contributed by atoms with E-state index in [1.165, 1.54) is 0 Å². The third-order valence-electron chi connectivity index (χ3n) is 4.43. The Bertz CT molecular complexity index is 690. The fraction of sp³-hybridized carbons (Fsp3) is 0.400. The number of ether oxygens (including phenoxy) is 1. The summed E-state index contributed by atoms with van der Waals surface area (Å²) in [5, 5.41) is 3.37. The van der Waals surface area contributed by atoms with E-state index in [1.54, 1.807) is 6.20 Å². The van der Waals surface area contributed by atoms with Crippen LogP contribution in [0.4, 0.5) is 10.6 Å². The number of aromatic nitrogens is 1. The minimum absolute atomic E-state index is 0.0244. The molecule has 0 spiro atoms. The molecule has 0 saturated carbocycles. The van der Waals surface area contributed by atoms with E-state index in [4.69, 9.17) is 4.74 Å². The molecule has 1 unspecified atom stereocenters. The SMILES string of the molecule is CCCNc1ncccc1C1CCCN1C(=O)OCc1ccccc1. The normalized spacial score (nSPS) is 16.7. The van der Waals surface area contributed by atoms with Gasteiger partial charge >= 0.3 is 6.09 Å². The van der Waals surface area contributed by atoms with Crippen LogP contribution in [-0.4, -0.2) is 29.1 Å². The average Bonchev–Trinajstić information content (AvgIpc) is 3.15. The van der Waals surface area contributed by atoms with Crippen LogP contribution in [0.15, 0.2) is 48.7 Å². The highest BCUT2D eigenvalue weighted by molar-refractivity contribution is 5.69. The Morgan fingerprint density at radius 2 is 2.12 bits per heavy atom. The molecule has 1 aliphatic heterocycles. The minimum atomic E-state index is -0.253. The first-order valence-electron chi connectivity index (χ1n) is 8.95. The van der Waals surface area contributed by atoms with Crippen LogP contribution in [0.1, 0.15) is 43.4 Å². The van der Waals surface area contributed by atoms with Gasteiger partial charge in [-0.25, -0.2) is 9.78 Å². The Morgan fingerprint density at radius 1 is 1.28 bits per heavy atom. The number of anilines is 1. The van der Waals surface area contributed by atoms with Crippen molar-refractivity contribution in [1.29, 1.82) is 0 Å². The summed E-state index contributed by atoms with van der Waals surface area (Å²) in [5.74, 6) is 0.872. The number of amides is 1. The molecule has 1 N–H and O–H groups in total. The Labute approximate surface area is 149 Å². The number of hydrogen-bond acceptors (Lipinski definition) is 4. The van der Waals surface area contributed by atoms with E-state index in [2.05, 4.69) is 23.3 Å². The molecule has 5 heteroatoms. The van der Waals surface area contributed by atoms with Crippen molar-refractivity contribution in [3.8, 4) is 0 Å². The van der Waals surface area contributed by atoms with E-state index in [1.807, 2.05) is 41.3 Å². The van der Waals surface area contributed by atoms with Gasteiger partial charge < -0.3 is 15.0 Å². The number of nitrogens with one attached hydrogen (secondary N) is 1. The standard InChI is InChI=1S/C20H25N3O2/c1-2-12-21-19-17(10-6-13-22-19)18-11-7-14-23(18)20(24)25-15-16-8-4-3-5-9-16/h3-6,8-10,13,18H,2,7,11-12,14-15H2,1H3,(H,21,22). The lowest BCUT2D eigenvalue weighted by Crippen LogP contribution is -2.31. The van der Waals surface area contributed by atoms with Gasteiger partial charge in [-0.15, -0.1) is 0 Å². The fourth-order valence-electron chi connectivity index (χ4n) is 3.19. The molecule has 0 radical (unpaired) electrons. The smallest absolute Gasteiger partial charge is 0.410 e. The Morgan fingerprint density at radius 3 is 2.92 bits per heavy atom. The van der Waals surface area contributed by atoms with Crippen LogP contribution in [-0.2, 0) is 11.3 Å². The van der Waals surface area contributed by atoms with Gasteiger partial charge in [-0.2, -0.15) is 0 Å². The topological polar surface area (TPSA) is 54.5 Å². The number of nitrogens with zero attached hydrogens (tertiary/aromatic N) is 2. The van der Waals surface area contributed by atoms with Gasteiger partial charge in [0.15, 0.2) is 0 Å². The lowest BCUT2D eigenvalue weighted by molar-refractivity contribution is 0.0921. The van der Waals surface area contributed by atoms with E-state index in [9.17, 15) is 4.79 Å². The largest absolute Gasteiger partial charge is 0.445 e. The van der Waals surface area contributed by atoms with Crippen LogP contribution in [0.2, 0.25) is 0 Å². The second-order valence-corrected chi connectivity index (χ2v) is 6.26. The lowest BCUT2D eigenvalue weighted by atomic mass is 10.1. The summed E-state index contributed by atoms with van der Waals surface area (Å²) in [6.45, 7) is 4.02. The van der Waals surface area contributed by atoms with Crippen LogP contribution in [0.3, 0.4) is 0 Å². The Balaban J connectivity index is 1.69. The molecule has 1 amide bonds. The first-order valence-corrected chi connectivity index (χ1v) is 8.95. The second kappa shape index (κ2) is 8.51. The maximum atomic E-state index is 12.6. The molecule has 0 aliphatic carbocycles. The maximum absolute atomic E-state index is 12.6. The molecule has 0 bridgehead atoms. The van der Waals surface area contributed by atoms with Crippen molar-refractivity contribution in [2.45, 2.75) is 38.8 Å². The fourth-order valence-corrected chi connectivity index (χ4v) is 3.19. The van der Waals surface area contributed by atoms with Crippen molar-refractivity contribution in [3.05, 3.63) is 59.8 Å². The van der Waals surface area contributed by atoms with Crippen LogP contribution < -0.4 is 5.32 Å². The summed E-state index contributed by atoms with van der Waals surface area (Å²) < 4.78 is 5.53. The average molecular weight is 339 g/mol. The number of benzene rings is 1. The highest BCUT2D eigenvalue weighted by Gasteiger charge is 2.32. The summed E-state index contributed by atoms with van der Waals surface area (Å²) in [6, 6.07) is 13.8. The molecule has 2 aromatic rings. The molecule has 2 heterocycles. The number of rotatable bonds is 6. The zero-order valence-corrected chi connectivity index (χ0v) is 14.6. The van der Waals surface area contributed by atoms with E-state index in [-0.39, 0.29) is 12.1 Å². The molecule has 1 atom stereocenters. The van der Waals surface area contributed by atoms with Gasteiger partial charge in [-0.3, -0.25) is 0 Å². The number of pyridine rings is 1. The van der Waals surface area contributed by atoms with Crippen molar-refractivity contribution >= 4 is 11.9 Å². The van der Waals surface area contributed by atoms with Crippen LogP contribution >= 0.6 is 0 Å². The quantitative estimate of drug-likeness (QED) is 0.849. The van der Waals surface area contributed by atoms with E-state index in [0.29, 0.717) is 6.61 Å². The molecule has 3 rings (SSSR count). The number of carbonyl (C=O) groups excluding carboxylic acids is 1. The molecular weight excluding hydrogens is 314 g/mol. The molecule has 5 nitrogen and oxygen atoms in total. The second-order valence-electron chi connectivity index (χ2n) is 6.26. The lowest BCUT2D eigenvalue weighted by Gasteiger charge is -2.26. The Hall–Kier alpha value is -2.56. The van der Waals surface area contributed by atoms with Gasteiger partial charge in [-0.05, 0) is 30.9 Å². The zero-order chi connectivity index (χ0) is 17.5. The van der Waals surface area contributed by atoms with Crippen molar-refractivity contribution in [1.82, 2.24) is 9.88 Å². The third-order valence-corrected chi connectivity index (χ3v) is 4.43. The van der Waals surface area contributed by atoms with Gasteiger partial charge in [0.05, 0.1) is 6.04 Å². The number of hydrogen-bond donors (Lipinski definition) is 1. The number of likely N-dealkylation sites (tertiary alicyclic amines) is 1. The molecule has 1 aromatic heterocycles. The molecule has 1 saturated heterocycles. The predicted octanol–water partition coefficient (Wildman–Crippen LogP) is 4.38. The highest BCUT2D eigenvalue weighted by Crippen LogP contribution is 2.35. The van der Waals surface area contributed by atoms with Gasteiger partial charge in [0.2, 0.25) is 0 Å². The monoisotopic (exact) mass is 339 g/mol. The molecule has 1 aliphatic rings. The van der Waals surface area contributed by atoms with Crippen LogP contribution in [0, 0.1) is 0 Å². The van der Waals surface area contributed by atoms with Crippen molar-refractivity contribution in [3.63, 3.8) is 0 Å². The van der Waals surface area contributed by atoms with Crippen molar-refractivity contribution < 1.29 is 9.53 Å². The van der Waals surface area contributed by atoms with Crippen molar-refractivity contribution in [2.24, 2.45) is 0 Å². The summed E-state index contributed by atoms with van der Waals surface area (Å²) in [6.07, 6.45) is 4.48. The van der Waals surface area contributed by atoms with E-state index >= 15 is 0 Å². The maximum Gasteiger partial charge on any atom is 0.410 e. The molecule has 1 aromatic carbocycles. The predicted molar refractivity (Wildman–Crippen MR) is 98.3 cm³/mol. The Kier molecular flexibility index (Phi) is 5.88. The van der Waals surface area contributed by atoms with Gasteiger partial charge in [0.25, 0.3) is 0 Å². The molecule has 1 fully saturated rings. The summed E-state index contributed by atoms with van der Waals surface area (Å²) in [4.78, 5) is 18.9. The van der Waals surface area contributed by atoms with E-state index < -0.39 is 0 Å². The molecular formula is C20H25N3O2. The summed E-state index contributed by atoms with van der Waals surface area (Å²) in [7, 11) is 0. The van der Waals surface area contributed by atoms with Crippen LogP contribution in [0.25, 0.3) is 0 Å². The summed E-state index contributed by atoms with van der Waals surface area (Å²) >= 11 is 0. The minimum Gasteiger partial charge on any atom is -0.445 e. The third kappa shape index (κ3) is 4.29. The van der Waals surface area contributed by atoms with Gasteiger partial charge in [0, 0.05) is 24.8 Å². The summed E-state index contributed by atoms with van der Waals surface area (Å²) in [5.41, 5.74) is 2.07. The van der Waals surface area contributed by atoms with Gasteiger partial charge in [0.1, 0.15) is 12.4 Å². The number of carbonyl (C=O) groups is 1. The highest BCUT2D eigenvalue weighted by atomic mass is 16.6.